The molecule has 2 heterocycles. The van der Waals surface area contributed by atoms with Gasteiger partial charge in [0, 0.05) is 31.9 Å². The summed E-state index contributed by atoms with van der Waals surface area (Å²) in [6, 6.07) is 5.89. The molecule has 0 aliphatic heterocycles. The molecule has 0 aromatic carbocycles. The molecule has 7 nitrogen and oxygen atoms in total. The lowest BCUT2D eigenvalue weighted by Gasteiger charge is -2.09. The number of hydrogen-bond donors (Lipinski definition) is 2. The molecular formula is C13H18N6O. The summed E-state index contributed by atoms with van der Waals surface area (Å²) in [7, 11) is 1.72. The Morgan fingerprint density at radius 1 is 1.35 bits per heavy atom. The van der Waals surface area contributed by atoms with Gasteiger partial charge in [-0.2, -0.15) is 4.98 Å². The summed E-state index contributed by atoms with van der Waals surface area (Å²) in [5.41, 5.74) is 1.04. The van der Waals surface area contributed by atoms with E-state index in [4.69, 9.17) is 4.52 Å². The number of rotatable bonds is 5. The molecular weight excluding hydrogens is 256 g/mol. The Kier molecular flexibility index (Phi) is 5.05. The second kappa shape index (κ2) is 7.22. The zero-order valence-electron chi connectivity index (χ0n) is 11.6. The molecule has 0 aliphatic carbocycles. The predicted molar refractivity (Wildman–Crippen MR) is 75.2 cm³/mol. The van der Waals surface area contributed by atoms with Crippen LogP contribution < -0.4 is 10.6 Å². The first-order valence-corrected chi connectivity index (χ1v) is 6.41. The van der Waals surface area contributed by atoms with Gasteiger partial charge < -0.3 is 15.2 Å². The Labute approximate surface area is 117 Å². The van der Waals surface area contributed by atoms with Gasteiger partial charge in [-0.25, -0.2) is 0 Å². The highest BCUT2D eigenvalue weighted by Crippen LogP contribution is 1.95. The van der Waals surface area contributed by atoms with Crippen LogP contribution in [0.25, 0.3) is 0 Å². The average Bonchev–Trinajstić information content (AvgIpc) is 2.89. The van der Waals surface area contributed by atoms with E-state index in [-0.39, 0.29) is 0 Å². The fraction of sp³-hybridized carbons (Fsp3) is 0.385. The fourth-order valence-corrected chi connectivity index (χ4v) is 1.65. The van der Waals surface area contributed by atoms with Gasteiger partial charge in [0.1, 0.15) is 0 Å². The number of pyridine rings is 1. The highest BCUT2D eigenvalue weighted by molar-refractivity contribution is 5.79. The molecule has 106 valence electrons. The van der Waals surface area contributed by atoms with Crippen molar-refractivity contribution in [1.82, 2.24) is 25.8 Å². The minimum Gasteiger partial charge on any atom is -0.356 e. The third-order valence-corrected chi connectivity index (χ3v) is 2.60. The lowest BCUT2D eigenvalue weighted by atomic mass is 10.3. The maximum atomic E-state index is 5.02. The van der Waals surface area contributed by atoms with Crippen molar-refractivity contribution in [3.63, 3.8) is 0 Å². The summed E-state index contributed by atoms with van der Waals surface area (Å²) in [6.45, 7) is 2.98. The maximum absolute atomic E-state index is 5.02. The van der Waals surface area contributed by atoms with Gasteiger partial charge in [-0.3, -0.25) is 9.98 Å². The van der Waals surface area contributed by atoms with Crippen LogP contribution in [0.15, 0.2) is 33.9 Å². The van der Waals surface area contributed by atoms with Crippen LogP contribution in [-0.2, 0) is 13.0 Å². The van der Waals surface area contributed by atoms with Crippen molar-refractivity contribution in [2.24, 2.45) is 4.99 Å². The molecule has 0 amide bonds. The number of nitrogens with zero attached hydrogens (tertiary/aromatic N) is 4. The van der Waals surface area contributed by atoms with Gasteiger partial charge in [-0.1, -0.05) is 11.2 Å². The first kappa shape index (κ1) is 14.0. The fourth-order valence-electron chi connectivity index (χ4n) is 1.65. The third kappa shape index (κ3) is 4.34. The molecule has 0 atom stereocenters. The van der Waals surface area contributed by atoms with E-state index in [1.807, 2.05) is 18.2 Å². The maximum Gasteiger partial charge on any atom is 0.246 e. The summed E-state index contributed by atoms with van der Waals surface area (Å²) in [4.78, 5) is 12.5. The van der Waals surface area contributed by atoms with Gasteiger partial charge >= 0.3 is 0 Å². The first-order valence-electron chi connectivity index (χ1n) is 6.41. The lowest BCUT2D eigenvalue weighted by Crippen LogP contribution is -2.38. The molecule has 2 N–H and O–H groups in total. The molecule has 20 heavy (non-hydrogen) atoms. The van der Waals surface area contributed by atoms with E-state index in [2.05, 4.69) is 30.8 Å². The van der Waals surface area contributed by atoms with E-state index in [1.54, 1.807) is 20.2 Å². The van der Waals surface area contributed by atoms with Crippen molar-refractivity contribution < 1.29 is 4.52 Å². The largest absolute Gasteiger partial charge is 0.356 e. The van der Waals surface area contributed by atoms with Gasteiger partial charge in [0.15, 0.2) is 11.8 Å². The average molecular weight is 274 g/mol. The van der Waals surface area contributed by atoms with Crippen molar-refractivity contribution in [2.75, 3.05) is 13.6 Å². The smallest absolute Gasteiger partial charge is 0.246 e. The van der Waals surface area contributed by atoms with E-state index in [1.165, 1.54) is 0 Å². The molecule has 0 radical (unpaired) electrons. The van der Waals surface area contributed by atoms with Crippen molar-refractivity contribution >= 4 is 5.96 Å². The van der Waals surface area contributed by atoms with E-state index < -0.39 is 0 Å². The van der Waals surface area contributed by atoms with Gasteiger partial charge in [0.25, 0.3) is 0 Å². The molecule has 0 saturated heterocycles. The molecule has 0 saturated carbocycles. The zero-order valence-corrected chi connectivity index (χ0v) is 11.6. The SMILES string of the molecule is CN=C(NCCc1ccccn1)NCc1nc(C)no1. The van der Waals surface area contributed by atoms with Crippen molar-refractivity contribution in [3.05, 3.63) is 41.8 Å². The van der Waals surface area contributed by atoms with E-state index in [0.717, 1.165) is 18.7 Å². The van der Waals surface area contributed by atoms with Crippen LogP contribution >= 0.6 is 0 Å². The topological polar surface area (TPSA) is 88.2 Å². The highest BCUT2D eigenvalue weighted by Gasteiger charge is 2.04. The Morgan fingerprint density at radius 2 is 2.25 bits per heavy atom. The number of aryl methyl sites for hydroxylation is 1. The van der Waals surface area contributed by atoms with Gasteiger partial charge in [0.05, 0.1) is 6.54 Å². The van der Waals surface area contributed by atoms with Crippen molar-refractivity contribution in [3.8, 4) is 0 Å². The Hall–Kier alpha value is -2.44. The minimum atomic E-state index is 0.449. The number of guanidine groups is 1. The van der Waals surface area contributed by atoms with Crippen LogP contribution in [-0.4, -0.2) is 34.7 Å². The summed E-state index contributed by atoms with van der Waals surface area (Å²) >= 11 is 0. The van der Waals surface area contributed by atoms with Gasteiger partial charge in [-0.05, 0) is 19.1 Å². The normalized spacial score (nSPS) is 11.4. The van der Waals surface area contributed by atoms with E-state index in [0.29, 0.717) is 24.2 Å². The monoisotopic (exact) mass is 274 g/mol. The molecule has 2 aromatic rings. The summed E-state index contributed by atoms with van der Waals surface area (Å²) in [5.74, 6) is 1.85. The van der Waals surface area contributed by atoms with Crippen molar-refractivity contribution in [1.29, 1.82) is 0 Å². The van der Waals surface area contributed by atoms with Gasteiger partial charge in [-0.15, -0.1) is 0 Å². The number of aliphatic imine (C=N–C) groups is 1. The highest BCUT2D eigenvalue weighted by atomic mass is 16.5. The number of aromatic nitrogens is 3. The Bertz CT molecular complexity index is 551. The van der Waals surface area contributed by atoms with Crippen LogP contribution in [0.4, 0.5) is 0 Å². The molecule has 2 aromatic heterocycles. The first-order chi connectivity index (χ1) is 9.78. The molecule has 2 rings (SSSR count). The molecule has 0 fully saturated rings. The van der Waals surface area contributed by atoms with Crippen LogP contribution in [0, 0.1) is 6.92 Å². The molecule has 0 bridgehead atoms. The third-order valence-electron chi connectivity index (χ3n) is 2.60. The Morgan fingerprint density at radius 3 is 2.90 bits per heavy atom. The number of hydrogen-bond acceptors (Lipinski definition) is 5. The number of nitrogens with one attached hydrogen (secondary N) is 2. The molecule has 0 unspecified atom stereocenters. The van der Waals surface area contributed by atoms with E-state index >= 15 is 0 Å². The Balaban J connectivity index is 1.73. The summed E-state index contributed by atoms with van der Waals surface area (Å²) in [5, 5.41) is 10.0. The van der Waals surface area contributed by atoms with E-state index in [9.17, 15) is 0 Å². The molecule has 7 heteroatoms. The summed E-state index contributed by atoms with van der Waals surface area (Å²) in [6.07, 6.45) is 2.63. The molecule has 0 spiro atoms. The quantitative estimate of drug-likeness (QED) is 0.616. The zero-order chi connectivity index (χ0) is 14.2. The lowest BCUT2D eigenvalue weighted by molar-refractivity contribution is 0.371. The predicted octanol–water partition coefficient (Wildman–Crippen LogP) is 0.681. The van der Waals surface area contributed by atoms with Crippen LogP contribution in [0.2, 0.25) is 0 Å². The minimum absolute atomic E-state index is 0.449. The van der Waals surface area contributed by atoms with Crippen molar-refractivity contribution in [2.45, 2.75) is 19.9 Å². The second-order valence-corrected chi connectivity index (χ2v) is 4.16. The van der Waals surface area contributed by atoms with Crippen LogP contribution in [0.1, 0.15) is 17.4 Å². The molecule has 0 aliphatic rings. The van der Waals surface area contributed by atoms with Gasteiger partial charge in [0.2, 0.25) is 5.89 Å². The van der Waals surface area contributed by atoms with Crippen LogP contribution in [0.3, 0.4) is 0 Å². The standard InChI is InChI=1S/C13H18N6O/c1-10-18-12(20-19-10)9-17-13(14-2)16-8-6-11-5-3-4-7-15-11/h3-5,7H,6,8-9H2,1-2H3,(H2,14,16,17). The summed E-state index contributed by atoms with van der Waals surface area (Å²) < 4.78 is 5.02. The van der Waals surface area contributed by atoms with Crippen LogP contribution in [0.5, 0.6) is 0 Å². The second-order valence-electron chi connectivity index (χ2n) is 4.16.